The molecule has 2 atom stereocenters. The third-order valence-electron chi connectivity index (χ3n) is 11.4. The van der Waals surface area contributed by atoms with Gasteiger partial charge in [0.25, 0.3) is 11.8 Å². The Balaban J connectivity index is 1.30. The lowest BCUT2D eigenvalue weighted by molar-refractivity contribution is -0.982. The number of ketones is 4. The van der Waals surface area contributed by atoms with Crippen LogP contribution in [0.25, 0.3) is 0 Å². The van der Waals surface area contributed by atoms with E-state index in [0.717, 1.165) is 23.7 Å². The Morgan fingerprint density at radius 3 is 1.72 bits per heavy atom. The number of quaternary nitrogens is 1. The smallest absolute Gasteiger partial charge is 0.380 e. The predicted octanol–water partition coefficient (Wildman–Crippen LogP) is 0.285. The molecule has 0 aliphatic carbocycles. The number of Topliss-reactive ketones (excluding diaryl/α,β-unsaturated/α-hetero) is 4. The largest absolute Gasteiger partial charge is 0.480 e. The molecule has 2 aliphatic rings. The van der Waals surface area contributed by atoms with Crippen molar-refractivity contribution in [2.45, 2.75) is 116 Å². The van der Waals surface area contributed by atoms with E-state index < -0.39 is 41.8 Å². The normalized spacial score (nSPS) is 16.5. The first-order valence-electron chi connectivity index (χ1n) is 21.8. The van der Waals surface area contributed by atoms with E-state index in [1.807, 2.05) is 28.5 Å². The minimum atomic E-state index is -1.28. The Morgan fingerprint density at radius 2 is 1.27 bits per heavy atom. The van der Waals surface area contributed by atoms with Gasteiger partial charge < -0.3 is 30.9 Å². The van der Waals surface area contributed by atoms with Gasteiger partial charge in [-0.05, 0) is 77.6 Å². The molecule has 0 spiro atoms. The Hall–Kier alpha value is -6.34. The van der Waals surface area contributed by atoms with E-state index in [-0.39, 0.29) is 81.5 Å². The fraction of sp³-hybridized carbons (Fsp3) is 0.512. The van der Waals surface area contributed by atoms with E-state index in [4.69, 9.17) is 5.90 Å². The molecule has 3 aromatic rings. The maximum absolute atomic E-state index is 13.5. The first-order chi connectivity index (χ1) is 31.8. The lowest BCUT2D eigenvalue weighted by atomic mass is 10.1. The molecule has 2 aliphatic heterocycles. The first kappa shape index (κ1) is 51.6. The number of benzene rings is 1. The molecule has 1 aromatic carbocycles. The second-order valence-electron chi connectivity index (χ2n) is 17.0. The molecular formula is C43H60N11O12S+3. The predicted molar refractivity (Wildman–Crippen MR) is 235 cm³/mol. The van der Waals surface area contributed by atoms with E-state index in [2.05, 4.69) is 25.3 Å². The number of hydrogen-bond donors (Lipinski definition) is 5. The number of nitrogens with two attached hydrogens (primary N) is 1. The van der Waals surface area contributed by atoms with Crippen LogP contribution in [0.2, 0.25) is 0 Å². The maximum Gasteiger partial charge on any atom is 0.380 e. The fourth-order valence-electron chi connectivity index (χ4n) is 8.58. The summed E-state index contributed by atoms with van der Waals surface area (Å²) in [7, 11) is 0. The number of imidazole rings is 2. The number of carbonyl (C=O) groups excluding carboxylic acids is 8. The van der Waals surface area contributed by atoms with Gasteiger partial charge in [-0.3, -0.25) is 33.6 Å². The molecule has 4 heterocycles. The zero-order valence-electron chi connectivity index (χ0n) is 38.3. The molecule has 24 heteroatoms. The van der Waals surface area contributed by atoms with Crippen molar-refractivity contribution in [1.82, 2.24) is 29.6 Å². The minimum absolute atomic E-state index is 0.0627. The summed E-state index contributed by atoms with van der Waals surface area (Å²) in [5.74, 6) is 2.82. The van der Waals surface area contributed by atoms with Gasteiger partial charge in [0.2, 0.25) is 5.91 Å². The molecule has 67 heavy (non-hydrogen) atoms. The van der Waals surface area contributed by atoms with Crippen LogP contribution < -0.4 is 31.0 Å². The molecule has 362 valence electrons. The van der Waals surface area contributed by atoms with Crippen LogP contribution in [0.4, 0.5) is 10.5 Å². The molecule has 0 unspecified atom stereocenters. The Bertz CT molecular complexity index is 2220. The topological polar surface area (TPSA) is 279 Å². The van der Waals surface area contributed by atoms with Crippen molar-refractivity contribution in [3.63, 3.8) is 0 Å². The Labute approximate surface area is 391 Å². The van der Waals surface area contributed by atoms with Crippen molar-refractivity contribution in [2.75, 3.05) is 38.0 Å². The number of aliphatic carboxylic acids is 1. The summed E-state index contributed by atoms with van der Waals surface area (Å²) in [6.45, 7) is 7.46. The molecule has 0 saturated heterocycles. The molecule has 6 N–H and O–H groups in total. The van der Waals surface area contributed by atoms with Gasteiger partial charge in [0.15, 0.2) is 26.2 Å². The first-order valence-corrected chi connectivity index (χ1v) is 22.6. The van der Waals surface area contributed by atoms with Gasteiger partial charge in [0.05, 0.1) is 44.8 Å². The van der Waals surface area contributed by atoms with Crippen molar-refractivity contribution in [2.24, 2.45) is 5.90 Å². The van der Waals surface area contributed by atoms with E-state index in [0.29, 0.717) is 54.0 Å². The second-order valence-corrected chi connectivity index (χ2v) is 17.8. The van der Waals surface area contributed by atoms with E-state index in [1.54, 1.807) is 45.8 Å². The lowest BCUT2D eigenvalue weighted by Gasteiger charge is -2.28. The fourth-order valence-corrected chi connectivity index (χ4v) is 8.94. The standard InChI is InChI=1S/C43H57N11O12S/c1-6-9-34(40(61)45-32-11-13-33(14-12-32)67-66-65-44)46-42(64)47-35(41(62)63)10-7-8-19-54-26-36-48(24-38(59)50(20-28(2)55)21-29(3)56)15-17-52(36)43(54)53-18-16-49(37(53)27-54)25-39(60)51(22-30(4)57)23-31(5)58/h11-18,34-35,43H,6-10,19-27,44H2,1-5H3,(H-3,45,46,47,61,62,63,64)/p+3/t34-,35-,43?,54?/m0/s1. The number of anilines is 1. The molecule has 5 amide bonds. The number of unbranched alkanes of at least 4 members (excludes halogenated alkanes) is 1. The minimum Gasteiger partial charge on any atom is -0.480 e. The molecule has 5 rings (SSSR count). The van der Waals surface area contributed by atoms with Gasteiger partial charge in [-0.2, -0.15) is 5.90 Å². The van der Waals surface area contributed by atoms with Crippen LogP contribution in [-0.2, 0) is 73.9 Å². The Morgan fingerprint density at radius 1 is 0.776 bits per heavy atom. The van der Waals surface area contributed by atoms with Crippen LogP contribution in [0, 0.1) is 0 Å². The summed E-state index contributed by atoms with van der Waals surface area (Å²) in [6.07, 6.45) is 8.59. The molecule has 0 radical (unpaired) electrons. The number of urea groups is 1. The van der Waals surface area contributed by atoms with Crippen molar-refractivity contribution >= 4 is 70.6 Å². The van der Waals surface area contributed by atoms with Gasteiger partial charge in [-0.25, -0.2) is 23.2 Å². The number of hydrogen-bond acceptors (Lipinski definition) is 13. The number of fused-ring (bicyclic) bond motifs is 5. The van der Waals surface area contributed by atoms with Crippen molar-refractivity contribution < 1.29 is 71.2 Å². The highest BCUT2D eigenvalue weighted by Crippen LogP contribution is 2.42. The average Bonchev–Trinajstić information content (AvgIpc) is 3.98. The van der Waals surface area contributed by atoms with E-state index >= 15 is 0 Å². The van der Waals surface area contributed by atoms with Gasteiger partial charge in [0.1, 0.15) is 60.0 Å². The number of carboxylic acid groups (broad SMARTS) is 1. The summed E-state index contributed by atoms with van der Waals surface area (Å²) >= 11 is 0.869. The van der Waals surface area contributed by atoms with Crippen molar-refractivity contribution in [3.8, 4) is 0 Å². The number of amides is 5. The van der Waals surface area contributed by atoms with E-state index in [9.17, 15) is 48.3 Å². The van der Waals surface area contributed by atoms with Gasteiger partial charge in [-0.1, -0.05) is 13.3 Å². The number of carbonyl (C=O) groups is 9. The zero-order chi connectivity index (χ0) is 49.0. The molecule has 23 nitrogen and oxygen atoms in total. The SMILES string of the molecule is CCC[C@H](NC(=O)N[C@@H](CCCC[N+]12Cc3n(cc[n+]3CC(=O)N(CC(C)=O)CC(C)=O)C1n1cc[n+](CC(=O)N(CC(C)=O)CC(C)=O)c1C2)C(=O)O)C(=O)Nc1ccc(SOON)cc1. The van der Waals surface area contributed by atoms with E-state index in [1.165, 1.54) is 37.5 Å². The Kier molecular flexibility index (Phi) is 18.0. The van der Waals surface area contributed by atoms with Crippen LogP contribution in [0.3, 0.4) is 0 Å². The van der Waals surface area contributed by atoms with Crippen molar-refractivity contribution in [3.05, 3.63) is 60.7 Å². The number of carboxylic acids is 1. The number of aromatic nitrogens is 4. The third-order valence-corrected chi connectivity index (χ3v) is 12.0. The number of nitrogens with zero attached hydrogens (tertiary/aromatic N) is 7. The molecule has 0 saturated carbocycles. The second kappa shape index (κ2) is 23.4. The molecule has 0 fully saturated rings. The highest BCUT2D eigenvalue weighted by atomic mass is 32.2. The van der Waals surface area contributed by atoms with Gasteiger partial charge in [0, 0.05) is 10.6 Å². The summed E-state index contributed by atoms with van der Waals surface area (Å²) in [5.41, 5.74) is 0.452. The summed E-state index contributed by atoms with van der Waals surface area (Å²) in [5, 5.41) is 18.0. The van der Waals surface area contributed by atoms with Crippen LogP contribution in [0.15, 0.2) is 53.9 Å². The van der Waals surface area contributed by atoms with Crippen LogP contribution in [0.1, 0.15) is 84.7 Å². The highest BCUT2D eigenvalue weighted by Gasteiger charge is 2.63. The number of rotatable bonds is 27. The van der Waals surface area contributed by atoms with Crippen LogP contribution in [-0.4, -0.2) is 126 Å². The zero-order valence-corrected chi connectivity index (χ0v) is 39.1. The summed E-state index contributed by atoms with van der Waals surface area (Å²) in [4.78, 5) is 121. The number of nitrogens with one attached hydrogen (secondary N) is 3. The maximum atomic E-state index is 13.5. The summed E-state index contributed by atoms with van der Waals surface area (Å²) < 4.78 is 12.7. The monoisotopic (exact) mass is 954 g/mol. The average molecular weight is 955 g/mol. The van der Waals surface area contributed by atoms with Crippen molar-refractivity contribution in [1.29, 1.82) is 0 Å². The summed E-state index contributed by atoms with van der Waals surface area (Å²) in [6, 6.07) is 3.50. The van der Waals surface area contributed by atoms with Crippen LogP contribution in [0.5, 0.6) is 0 Å². The van der Waals surface area contributed by atoms with Gasteiger partial charge in [-0.15, -0.1) is 18.5 Å². The highest BCUT2D eigenvalue weighted by molar-refractivity contribution is 7.94. The molecule has 2 aromatic heterocycles. The molecule has 0 bridgehead atoms. The van der Waals surface area contributed by atoms with Gasteiger partial charge >= 0.3 is 29.9 Å². The molecular weight excluding hydrogens is 895 g/mol. The quantitative estimate of drug-likeness (QED) is 0.0172. The lowest BCUT2D eigenvalue weighted by Crippen LogP contribution is -2.52. The van der Waals surface area contributed by atoms with Crippen LogP contribution >= 0.6 is 12.0 Å². The third kappa shape index (κ3) is 13.6.